The first-order valence-corrected chi connectivity index (χ1v) is 11.7. The van der Waals surface area contributed by atoms with Gasteiger partial charge in [-0.25, -0.2) is 9.37 Å². The van der Waals surface area contributed by atoms with Crippen LogP contribution in [0.3, 0.4) is 0 Å². The third kappa shape index (κ3) is 5.68. The number of rotatable bonds is 8. The Bertz CT molecular complexity index is 1520. The first-order valence-electron chi connectivity index (χ1n) is 11.7. The first kappa shape index (κ1) is 25.6. The minimum absolute atomic E-state index is 0.0764. The second-order valence-electron chi connectivity index (χ2n) is 8.62. The molecule has 2 aromatic heterocycles. The molecule has 0 aliphatic carbocycles. The van der Waals surface area contributed by atoms with Gasteiger partial charge in [-0.2, -0.15) is 0 Å². The van der Waals surface area contributed by atoms with E-state index >= 15 is 0 Å². The number of pyridine rings is 1. The standard InChI is InChI=1S/C28H26FN5O3/c1-17-6-4-5-7-23(17)24-15-32-26(33-27(36)18(2)30-3)28(37)34(24)16-19-12-21(14-31-13-19)25(35)20-8-10-22(29)11-9-20/h4-15,18,30H,16H2,1-3H3,(H,32,33,36)/t18-/m0/s1. The van der Waals surface area contributed by atoms with Gasteiger partial charge in [-0.05, 0) is 62.4 Å². The summed E-state index contributed by atoms with van der Waals surface area (Å²) in [6.45, 7) is 3.68. The Morgan fingerprint density at radius 3 is 2.46 bits per heavy atom. The molecule has 37 heavy (non-hydrogen) atoms. The number of hydrogen-bond acceptors (Lipinski definition) is 6. The summed E-state index contributed by atoms with van der Waals surface area (Å²) in [5.41, 5.74) is 3.03. The number of ketones is 1. The predicted molar refractivity (Wildman–Crippen MR) is 139 cm³/mol. The topological polar surface area (TPSA) is 106 Å². The van der Waals surface area contributed by atoms with Crippen LogP contribution < -0.4 is 16.2 Å². The van der Waals surface area contributed by atoms with E-state index in [1.54, 1.807) is 32.4 Å². The molecule has 2 heterocycles. The number of benzene rings is 2. The van der Waals surface area contributed by atoms with E-state index in [1.807, 2.05) is 31.2 Å². The Labute approximate surface area is 213 Å². The van der Waals surface area contributed by atoms with Crippen LogP contribution in [0, 0.1) is 12.7 Å². The van der Waals surface area contributed by atoms with Crippen molar-refractivity contribution in [3.8, 4) is 11.3 Å². The zero-order valence-electron chi connectivity index (χ0n) is 20.7. The van der Waals surface area contributed by atoms with Crippen molar-refractivity contribution in [2.45, 2.75) is 26.4 Å². The number of anilines is 1. The van der Waals surface area contributed by atoms with Crippen molar-refractivity contribution >= 4 is 17.5 Å². The quantitative estimate of drug-likeness (QED) is 0.359. The van der Waals surface area contributed by atoms with E-state index in [0.29, 0.717) is 22.4 Å². The van der Waals surface area contributed by atoms with Crippen molar-refractivity contribution in [1.82, 2.24) is 19.9 Å². The van der Waals surface area contributed by atoms with Crippen LogP contribution in [0.1, 0.15) is 34.0 Å². The zero-order valence-corrected chi connectivity index (χ0v) is 20.7. The third-order valence-electron chi connectivity index (χ3n) is 6.05. The highest BCUT2D eigenvalue weighted by Crippen LogP contribution is 2.23. The molecule has 1 atom stereocenters. The van der Waals surface area contributed by atoms with E-state index in [2.05, 4.69) is 20.6 Å². The van der Waals surface area contributed by atoms with Crippen molar-refractivity contribution in [1.29, 1.82) is 0 Å². The van der Waals surface area contributed by atoms with E-state index in [9.17, 15) is 18.8 Å². The highest BCUT2D eigenvalue weighted by molar-refractivity contribution is 6.08. The lowest BCUT2D eigenvalue weighted by atomic mass is 10.0. The summed E-state index contributed by atoms with van der Waals surface area (Å²) in [5, 5.41) is 5.42. The molecule has 4 rings (SSSR count). The maximum Gasteiger partial charge on any atom is 0.294 e. The van der Waals surface area contributed by atoms with Crippen LogP contribution in [0.25, 0.3) is 11.3 Å². The molecule has 4 aromatic rings. The van der Waals surface area contributed by atoms with Gasteiger partial charge in [0.05, 0.1) is 24.5 Å². The fraction of sp³-hybridized carbons (Fsp3) is 0.179. The number of amides is 1. The number of aryl methyl sites for hydroxylation is 1. The van der Waals surface area contributed by atoms with Crippen molar-refractivity contribution < 1.29 is 14.0 Å². The summed E-state index contributed by atoms with van der Waals surface area (Å²) in [7, 11) is 1.64. The van der Waals surface area contributed by atoms with E-state index < -0.39 is 23.3 Å². The molecular formula is C28H26FN5O3. The lowest BCUT2D eigenvalue weighted by Crippen LogP contribution is -2.38. The lowest BCUT2D eigenvalue weighted by Gasteiger charge is -2.17. The number of nitrogens with zero attached hydrogens (tertiary/aromatic N) is 3. The molecule has 0 radical (unpaired) electrons. The molecule has 1 amide bonds. The number of nitrogens with one attached hydrogen (secondary N) is 2. The molecular weight excluding hydrogens is 473 g/mol. The Balaban J connectivity index is 1.76. The molecule has 0 saturated heterocycles. The van der Waals surface area contributed by atoms with E-state index in [-0.39, 0.29) is 18.1 Å². The molecule has 0 unspecified atom stereocenters. The van der Waals surface area contributed by atoms with Gasteiger partial charge in [0, 0.05) is 29.1 Å². The SMILES string of the molecule is CN[C@@H](C)C(=O)Nc1ncc(-c2ccccc2C)n(Cc2cncc(C(=O)c3ccc(F)cc3)c2)c1=O. The highest BCUT2D eigenvalue weighted by atomic mass is 19.1. The van der Waals surface area contributed by atoms with Gasteiger partial charge in [-0.3, -0.25) is 23.9 Å². The molecule has 0 spiro atoms. The van der Waals surface area contributed by atoms with E-state index in [4.69, 9.17) is 0 Å². The smallest absolute Gasteiger partial charge is 0.294 e. The minimum atomic E-state index is -0.524. The van der Waals surface area contributed by atoms with Crippen molar-refractivity contribution in [3.05, 3.63) is 112 Å². The number of aromatic nitrogens is 3. The Morgan fingerprint density at radius 1 is 1.03 bits per heavy atom. The Morgan fingerprint density at radius 2 is 1.76 bits per heavy atom. The Kier molecular flexibility index (Phi) is 7.64. The van der Waals surface area contributed by atoms with Crippen LogP contribution in [0.2, 0.25) is 0 Å². The van der Waals surface area contributed by atoms with Gasteiger partial charge in [-0.1, -0.05) is 24.3 Å². The fourth-order valence-corrected chi connectivity index (χ4v) is 3.81. The molecule has 0 fully saturated rings. The molecule has 0 aliphatic rings. The van der Waals surface area contributed by atoms with Gasteiger partial charge >= 0.3 is 0 Å². The van der Waals surface area contributed by atoms with Gasteiger partial charge in [0.15, 0.2) is 11.6 Å². The summed E-state index contributed by atoms with van der Waals surface area (Å²) in [5.74, 6) is -1.24. The molecule has 8 nitrogen and oxygen atoms in total. The normalized spacial score (nSPS) is 11.7. The number of hydrogen-bond donors (Lipinski definition) is 2. The third-order valence-corrected chi connectivity index (χ3v) is 6.05. The average molecular weight is 500 g/mol. The zero-order chi connectivity index (χ0) is 26.5. The average Bonchev–Trinajstić information content (AvgIpc) is 2.91. The van der Waals surface area contributed by atoms with Gasteiger partial charge in [0.2, 0.25) is 5.91 Å². The van der Waals surface area contributed by atoms with Gasteiger partial charge in [-0.15, -0.1) is 0 Å². The number of likely N-dealkylation sites (N-methyl/N-ethyl adjacent to an activating group) is 1. The molecule has 9 heteroatoms. The number of carbonyl (C=O) groups is 2. The maximum atomic E-state index is 13.5. The second-order valence-corrected chi connectivity index (χ2v) is 8.62. The monoisotopic (exact) mass is 499 g/mol. The summed E-state index contributed by atoms with van der Waals surface area (Å²) in [4.78, 5) is 47.3. The highest BCUT2D eigenvalue weighted by Gasteiger charge is 2.18. The van der Waals surface area contributed by atoms with Crippen molar-refractivity contribution in [2.75, 3.05) is 12.4 Å². The van der Waals surface area contributed by atoms with Gasteiger partial charge < -0.3 is 10.6 Å². The van der Waals surface area contributed by atoms with Crippen LogP contribution in [0.5, 0.6) is 0 Å². The lowest BCUT2D eigenvalue weighted by molar-refractivity contribution is -0.117. The molecule has 0 aliphatic heterocycles. The molecule has 2 N–H and O–H groups in total. The van der Waals surface area contributed by atoms with Crippen molar-refractivity contribution in [2.24, 2.45) is 0 Å². The molecule has 0 saturated carbocycles. The predicted octanol–water partition coefficient (Wildman–Crippen LogP) is 3.58. The van der Waals surface area contributed by atoms with E-state index in [0.717, 1.165) is 11.1 Å². The van der Waals surface area contributed by atoms with Gasteiger partial charge in [0.25, 0.3) is 5.56 Å². The summed E-state index contributed by atoms with van der Waals surface area (Å²) < 4.78 is 14.8. The number of carbonyl (C=O) groups excluding carboxylic acids is 2. The van der Waals surface area contributed by atoms with Crippen LogP contribution >= 0.6 is 0 Å². The summed E-state index contributed by atoms with van der Waals surface area (Å²) >= 11 is 0. The molecule has 0 bridgehead atoms. The van der Waals surface area contributed by atoms with Crippen molar-refractivity contribution in [3.63, 3.8) is 0 Å². The van der Waals surface area contributed by atoms with E-state index in [1.165, 1.54) is 35.0 Å². The summed E-state index contributed by atoms with van der Waals surface area (Å²) in [6, 6.07) is 14.0. The molecule has 2 aromatic carbocycles. The maximum absolute atomic E-state index is 13.5. The fourth-order valence-electron chi connectivity index (χ4n) is 3.81. The van der Waals surface area contributed by atoms with Crippen LogP contribution in [-0.4, -0.2) is 39.3 Å². The van der Waals surface area contributed by atoms with Gasteiger partial charge in [0.1, 0.15) is 5.82 Å². The van der Waals surface area contributed by atoms with Crippen LogP contribution in [-0.2, 0) is 11.3 Å². The second kappa shape index (κ2) is 11.0. The van der Waals surface area contributed by atoms with Crippen LogP contribution in [0.15, 0.2) is 78.0 Å². The minimum Gasteiger partial charge on any atom is -0.309 e. The number of halogens is 1. The summed E-state index contributed by atoms with van der Waals surface area (Å²) in [6.07, 6.45) is 4.54. The van der Waals surface area contributed by atoms with Crippen LogP contribution in [0.4, 0.5) is 10.2 Å². The first-order chi connectivity index (χ1) is 17.8. The molecule has 188 valence electrons. The largest absolute Gasteiger partial charge is 0.309 e. The Hall–Kier alpha value is -4.50.